The molecule has 0 saturated heterocycles. The first kappa shape index (κ1) is 18.7. The summed E-state index contributed by atoms with van der Waals surface area (Å²) in [6, 6.07) is 0. The second-order valence-corrected chi connectivity index (χ2v) is 5.02. The maximum atomic E-state index is 11.3. The number of carboxylic acid groups (broad SMARTS) is 1. The highest BCUT2D eigenvalue weighted by Crippen LogP contribution is 2.07. The topological polar surface area (TPSA) is 63.6 Å². The van der Waals surface area contributed by atoms with Gasteiger partial charge in [0.2, 0.25) is 0 Å². The molecular formula is C16H28O4. The third-order valence-corrected chi connectivity index (χ3v) is 3.04. The predicted molar refractivity (Wildman–Crippen MR) is 79.3 cm³/mol. The van der Waals surface area contributed by atoms with Crippen LogP contribution in [0.25, 0.3) is 0 Å². The second-order valence-electron chi connectivity index (χ2n) is 5.02. The Labute approximate surface area is 122 Å². The van der Waals surface area contributed by atoms with Crippen molar-refractivity contribution >= 4 is 11.9 Å². The van der Waals surface area contributed by atoms with Crippen LogP contribution in [-0.2, 0) is 14.3 Å². The van der Waals surface area contributed by atoms with Crippen LogP contribution in [0.3, 0.4) is 0 Å². The van der Waals surface area contributed by atoms with E-state index in [-0.39, 0.29) is 18.8 Å². The number of esters is 1. The van der Waals surface area contributed by atoms with E-state index >= 15 is 0 Å². The summed E-state index contributed by atoms with van der Waals surface area (Å²) in [5.74, 6) is -1.10. The van der Waals surface area contributed by atoms with Crippen LogP contribution in [0.2, 0.25) is 0 Å². The van der Waals surface area contributed by atoms with E-state index in [9.17, 15) is 9.59 Å². The number of ether oxygens (including phenoxy) is 1. The predicted octanol–water partition coefficient (Wildman–Crippen LogP) is 4.44. The molecule has 0 aromatic rings. The van der Waals surface area contributed by atoms with Gasteiger partial charge < -0.3 is 9.84 Å². The summed E-state index contributed by atoms with van der Waals surface area (Å²) in [5, 5.41) is 8.44. The second kappa shape index (κ2) is 14.1. The normalized spacial score (nSPS) is 10.8. The number of hydrogen-bond donors (Lipinski definition) is 1. The van der Waals surface area contributed by atoms with Gasteiger partial charge >= 0.3 is 11.9 Å². The van der Waals surface area contributed by atoms with Crippen LogP contribution in [-0.4, -0.2) is 17.0 Å². The summed E-state index contributed by atoms with van der Waals surface area (Å²) >= 11 is 0. The van der Waals surface area contributed by atoms with Crippen LogP contribution in [0.4, 0.5) is 0 Å². The molecule has 1 N–H and O–H groups in total. The number of hydrogen-bond acceptors (Lipinski definition) is 3. The smallest absolute Gasteiger partial charge is 0.310 e. The van der Waals surface area contributed by atoms with E-state index in [2.05, 4.69) is 6.92 Å². The van der Waals surface area contributed by atoms with E-state index < -0.39 is 5.97 Å². The Balaban J connectivity index is 3.32. The zero-order valence-electron chi connectivity index (χ0n) is 12.6. The van der Waals surface area contributed by atoms with Crippen LogP contribution >= 0.6 is 0 Å². The van der Waals surface area contributed by atoms with Crippen molar-refractivity contribution in [1.29, 1.82) is 0 Å². The van der Waals surface area contributed by atoms with E-state index in [4.69, 9.17) is 9.84 Å². The number of carbonyl (C=O) groups is 2. The minimum atomic E-state index is -0.822. The van der Waals surface area contributed by atoms with Crippen molar-refractivity contribution in [2.75, 3.05) is 0 Å². The average Bonchev–Trinajstić information content (AvgIpc) is 2.41. The van der Waals surface area contributed by atoms with Crippen LogP contribution in [0.5, 0.6) is 0 Å². The van der Waals surface area contributed by atoms with Crippen LogP contribution in [0.1, 0.15) is 77.6 Å². The molecule has 0 rings (SSSR count). The third kappa shape index (κ3) is 14.7. The van der Waals surface area contributed by atoms with Crippen molar-refractivity contribution < 1.29 is 19.4 Å². The molecule has 0 unspecified atom stereocenters. The molecule has 0 spiro atoms. The van der Waals surface area contributed by atoms with Gasteiger partial charge in [0.1, 0.15) is 0 Å². The lowest BCUT2D eigenvalue weighted by atomic mass is 10.1. The first-order valence-electron chi connectivity index (χ1n) is 7.73. The van der Waals surface area contributed by atoms with Gasteiger partial charge in [-0.15, -0.1) is 0 Å². The Hall–Kier alpha value is -1.32. The number of allylic oxidation sites excluding steroid dienone is 1. The van der Waals surface area contributed by atoms with E-state index in [1.165, 1.54) is 38.4 Å². The van der Waals surface area contributed by atoms with Crippen molar-refractivity contribution in [3.8, 4) is 0 Å². The molecule has 0 bridgehead atoms. The Morgan fingerprint density at radius 3 is 2.30 bits per heavy atom. The number of carboxylic acids is 1. The number of rotatable bonds is 13. The molecule has 0 aliphatic carbocycles. The summed E-state index contributed by atoms with van der Waals surface area (Å²) in [7, 11) is 0. The molecule has 0 aromatic carbocycles. The lowest BCUT2D eigenvalue weighted by Gasteiger charge is -1.99. The van der Waals surface area contributed by atoms with Gasteiger partial charge in [-0.25, -0.2) is 0 Å². The fourth-order valence-electron chi connectivity index (χ4n) is 1.84. The molecule has 4 nitrogen and oxygen atoms in total. The summed E-state index contributed by atoms with van der Waals surface area (Å²) in [4.78, 5) is 21.5. The Morgan fingerprint density at radius 2 is 1.60 bits per heavy atom. The first-order valence-corrected chi connectivity index (χ1v) is 7.73. The van der Waals surface area contributed by atoms with Crippen LogP contribution in [0, 0.1) is 0 Å². The summed E-state index contributed by atoms with van der Waals surface area (Å²) in [6.07, 6.45) is 13.3. The fourth-order valence-corrected chi connectivity index (χ4v) is 1.84. The van der Waals surface area contributed by atoms with Gasteiger partial charge in [-0.1, -0.05) is 39.0 Å². The van der Waals surface area contributed by atoms with E-state index in [0.717, 1.165) is 12.8 Å². The van der Waals surface area contributed by atoms with Crippen LogP contribution < -0.4 is 0 Å². The number of aliphatic carboxylic acids is 1. The monoisotopic (exact) mass is 284 g/mol. The number of carbonyl (C=O) groups excluding carboxylic acids is 1. The highest BCUT2D eigenvalue weighted by Gasteiger charge is 2.02. The number of unbranched alkanes of at least 4 members (excludes halogenated alkanes) is 7. The SMILES string of the molecule is CCCCCCCCC=COC(=O)CCCCC(=O)O. The minimum absolute atomic E-state index is 0.112. The fraction of sp³-hybridized carbons (Fsp3) is 0.750. The van der Waals surface area contributed by atoms with Crippen LogP contribution in [0.15, 0.2) is 12.3 Å². The first-order chi connectivity index (χ1) is 9.66. The standard InChI is InChI=1S/C16H28O4/c1-2-3-4-5-6-7-8-11-14-20-16(19)13-10-9-12-15(17)18/h11,14H,2-10,12-13H2,1H3,(H,17,18). The third-order valence-electron chi connectivity index (χ3n) is 3.04. The zero-order chi connectivity index (χ0) is 15.1. The quantitative estimate of drug-likeness (QED) is 0.308. The summed E-state index contributed by atoms with van der Waals surface area (Å²) in [5.41, 5.74) is 0. The highest BCUT2D eigenvalue weighted by atomic mass is 16.5. The van der Waals surface area contributed by atoms with Gasteiger partial charge in [-0.2, -0.15) is 0 Å². The van der Waals surface area contributed by atoms with Gasteiger partial charge in [-0.3, -0.25) is 9.59 Å². The molecule has 0 fully saturated rings. The summed E-state index contributed by atoms with van der Waals surface area (Å²) < 4.78 is 4.93. The molecule has 0 heterocycles. The van der Waals surface area contributed by atoms with Crippen molar-refractivity contribution in [3.63, 3.8) is 0 Å². The highest BCUT2D eigenvalue weighted by molar-refractivity contribution is 5.70. The van der Waals surface area contributed by atoms with E-state index in [1.54, 1.807) is 0 Å². The Morgan fingerprint density at radius 1 is 0.950 bits per heavy atom. The molecule has 0 saturated carbocycles. The average molecular weight is 284 g/mol. The van der Waals surface area contributed by atoms with Gasteiger partial charge in [0.05, 0.1) is 6.26 Å². The maximum Gasteiger partial charge on any atom is 0.310 e. The van der Waals surface area contributed by atoms with Gasteiger partial charge in [-0.05, 0) is 31.8 Å². The van der Waals surface area contributed by atoms with Crippen molar-refractivity contribution in [1.82, 2.24) is 0 Å². The molecular weight excluding hydrogens is 256 g/mol. The van der Waals surface area contributed by atoms with E-state index in [1.807, 2.05) is 6.08 Å². The minimum Gasteiger partial charge on any atom is -0.481 e. The molecule has 0 aliphatic heterocycles. The van der Waals surface area contributed by atoms with Gasteiger partial charge in [0.25, 0.3) is 0 Å². The van der Waals surface area contributed by atoms with Crippen molar-refractivity contribution in [2.24, 2.45) is 0 Å². The lowest BCUT2D eigenvalue weighted by molar-refractivity contribution is -0.139. The van der Waals surface area contributed by atoms with Gasteiger partial charge in [0.15, 0.2) is 0 Å². The molecule has 20 heavy (non-hydrogen) atoms. The molecule has 0 aromatic heterocycles. The molecule has 116 valence electrons. The van der Waals surface area contributed by atoms with Crippen molar-refractivity contribution in [3.05, 3.63) is 12.3 Å². The maximum absolute atomic E-state index is 11.3. The van der Waals surface area contributed by atoms with E-state index in [0.29, 0.717) is 12.8 Å². The summed E-state index contributed by atoms with van der Waals surface area (Å²) in [6.45, 7) is 2.21. The molecule has 0 atom stereocenters. The largest absolute Gasteiger partial charge is 0.481 e. The Bertz CT molecular complexity index is 284. The molecule has 0 aliphatic rings. The lowest BCUT2D eigenvalue weighted by Crippen LogP contribution is -2.00. The Kier molecular flexibility index (Phi) is 13.2. The van der Waals surface area contributed by atoms with Crippen molar-refractivity contribution in [2.45, 2.75) is 77.6 Å². The zero-order valence-corrected chi connectivity index (χ0v) is 12.6. The molecule has 0 radical (unpaired) electrons. The van der Waals surface area contributed by atoms with Gasteiger partial charge in [0, 0.05) is 12.8 Å². The molecule has 4 heteroatoms. The molecule has 0 amide bonds.